The number of nitrogens with one attached hydrogen (secondary N) is 2. The van der Waals surface area contributed by atoms with Crippen LogP contribution in [-0.2, 0) is 25.6 Å². The Morgan fingerprint density at radius 3 is 2.56 bits per heavy atom. The highest BCUT2D eigenvalue weighted by atomic mass is 127. The Kier molecular flexibility index (Phi) is 5.38. The number of hydrogen-bond donors (Lipinski definition) is 3. The second kappa shape index (κ2) is 7.29. The monoisotopic (exact) mass is 528 g/mol. The number of benzene rings is 2. The average Bonchev–Trinajstić information content (AvgIpc) is 2.99. The maximum atomic E-state index is 14.7. The van der Waals surface area contributed by atoms with Crippen LogP contribution in [0.15, 0.2) is 34.3 Å². The maximum Gasteiger partial charge on any atom is 0.338 e. The normalized spacial score (nSPS) is 16.5. The molecule has 0 saturated carbocycles. The number of nitrogens with two attached hydrogens (primary N) is 1. The van der Waals surface area contributed by atoms with Crippen LogP contribution in [0, 0.1) is 22.1 Å². The van der Waals surface area contributed by atoms with Crippen molar-refractivity contribution < 1.29 is 25.7 Å². The zero-order valence-corrected chi connectivity index (χ0v) is 17.2. The molecule has 27 heavy (non-hydrogen) atoms. The lowest BCUT2D eigenvalue weighted by Gasteiger charge is -2.16. The van der Waals surface area contributed by atoms with Crippen LogP contribution in [0.4, 0.5) is 20.2 Å². The van der Waals surface area contributed by atoms with Gasteiger partial charge in [-0.2, -0.15) is 4.21 Å². The molecule has 0 radical (unpaired) electrons. The number of sulfonamides is 1. The van der Waals surface area contributed by atoms with Crippen molar-refractivity contribution in [2.45, 2.75) is 11.8 Å². The van der Waals surface area contributed by atoms with Gasteiger partial charge in [-0.1, -0.05) is 0 Å². The Labute approximate surface area is 169 Å². The summed E-state index contributed by atoms with van der Waals surface area (Å²) >= 11 is 0.0614. The van der Waals surface area contributed by atoms with Gasteiger partial charge in [0, 0.05) is 14.8 Å². The van der Waals surface area contributed by atoms with Gasteiger partial charge in [-0.25, -0.2) is 22.3 Å². The summed E-state index contributed by atoms with van der Waals surface area (Å²) in [6.07, 6.45) is 0. The molecule has 2 aromatic rings. The lowest BCUT2D eigenvalue weighted by Crippen LogP contribution is -2.24. The summed E-state index contributed by atoms with van der Waals surface area (Å²) in [6.45, 7) is 1.75. The summed E-state index contributed by atoms with van der Waals surface area (Å²) < 4.78 is 71.3. The quantitative estimate of drug-likeness (QED) is 0.525. The van der Waals surface area contributed by atoms with Crippen molar-refractivity contribution in [3.8, 4) is 0 Å². The van der Waals surface area contributed by atoms with Crippen LogP contribution < -0.4 is 15.2 Å². The van der Waals surface area contributed by atoms with Gasteiger partial charge in [0.05, 0.1) is 5.69 Å². The minimum Gasteiger partial charge on any atom is -0.352 e. The molecule has 1 heterocycles. The number of anilines is 2. The van der Waals surface area contributed by atoms with Crippen LogP contribution in [0.25, 0.3) is 0 Å². The van der Waals surface area contributed by atoms with E-state index in [1.165, 1.54) is 0 Å². The maximum absolute atomic E-state index is 14.7. The molecule has 2 aromatic carbocycles. The third-order valence-electron chi connectivity index (χ3n) is 3.56. The van der Waals surface area contributed by atoms with Gasteiger partial charge in [0.2, 0.25) is 10.0 Å². The molecule has 0 bridgehead atoms. The Bertz CT molecular complexity index is 1110. The van der Waals surface area contributed by atoms with E-state index in [2.05, 4.69) is 42.1 Å². The van der Waals surface area contributed by atoms with E-state index < -0.39 is 43.5 Å². The molecule has 144 valence electrons. The van der Waals surface area contributed by atoms with Gasteiger partial charge in [0.15, 0.2) is 17.5 Å². The molecule has 0 aliphatic carbocycles. The third kappa shape index (κ3) is 4.04. The molecular formula is C14H11F2IN4O4S2. The summed E-state index contributed by atoms with van der Waals surface area (Å²) in [4.78, 5) is -1.07. The predicted molar refractivity (Wildman–Crippen MR) is 104 cm³/mol. The fourth-order valence-electron chi connectivity index (χ4n) is 2.31. The fourth-order valence-corrected chi connectivity index (χ4v) is 4.07. The number of primary sulfonamides is 1. The Morgan fingerprint density at radius 1 is 1.30 bits per heavy atom. The minimum absolute atomic E-state index is 0.221. The number of aryl methyl sites for hydroxylation is 1. The van der Waals surface area contributed by atoms with E-state index in [9.17, 15) is 21.4 Å². The van der Waals surface area contributed by atoms with Crippen molar-refractivity contribution in [1.82, 2.24) is 4.72 Å². The lowest BCUT2D eigenvalue weighted by molar-refractivity contribution is 0.385. The molecule has 0 saturated heterocycles. The van der Waals surface area contributed by atoms with Gasteiger partial charge in [-0.3, -0.25) is 9.01 Å². The molecule has 4 N–H and O–H groups in total. The summed E-state index contributed by atoms with van der Waals surface area (Å²) in [5.41, 5.74) is 0.531. The van der Waals surface area contributed by atoms with E-state index in [0.717, 1.165) is 15.2 Å². The molecule has 1 unspecified atom stereocenters. The van der Waals surface area contributed by atoms with Crippen LogP contribution in [0.1, 0.15) is 11.1 Å². The number of oxime groups is 1. The average molecular weight is 528 g/mol. The van der Waals surface area contributed by atoms with Crippen LogP contribution in [0.3, 0.4) is 0 Å². The first-order valence-electron chi connectivity index (χ1n) is 7.10. The molecule has 0 aromatic heterocycles. The summed E-state index contributed by atoms with van der Waals surface area (Å²) in [6, 6.07) is 5.98. The highest BCUT2D eigenvalue weighted by molar-refractivity contribution is 14.1. The predicted octanol–water partition coefficient (Wildman–Crippen LogP) is 2.13. The van der Waals surface area contributed by atoms with Gasteiger partial charge < -0.3 is 5.32 Å². The molecule has 8 nitrogen and oxygen atoms in total. The molecule has 0 spiro atoms. The molecule has 1 atom stereocenters. The van der Waals surface area contributed by atoms with Crippen molar-refractivity contribution >= 4 is 61.1 Å². The summed E-state index contributed by atoms with van der Waals surface area (Å²) in [5.74, 6) is -3.38. The summed E-state index contributed by atoms with van der Waals surface area (Å²) in [5, 5.41) is 11.1. The van der Waals surface area contributed by atoms with Crippen LogP contribution in [-0.4, -0.2) is 18.5 Å². The van der Waals surface area contributed by atoms with E-state index in [1.807, 2.05) is 0 Å². The number of hydrogen-bond acceptors (Lipinski definition) is 6. The van der Waals surface area contributed by atoms with Gasteiger partial charge in [-0.15, -0.1) is 0 Å². The van der Waals surface area contributed by atoms with Crippen LogP contribution in [0.5, 0.6) is 0 Å². The highest BCUT2D eigenvalue weighted by Gasteiger charge is 2.29. The van der Waals surface area contributed by atoms with Crippen molar-refractivity contribution in [3.05, 3.63) is 50.6 Å². The largest absolute Gasteiger partial charge is 0.352 e. The van der Waals surface area contributed by atoms with Gasteiger partial charge in [-0.05, 0) is 64.5 Å². The first-order chi connectivity index (χ1) is 12.6. The Hall–Kier alpha value is -1.84. The lowest BCUT2D eigenvalue weighted by atomic mass is 10.1. The molecule has 1 aliphatic heterocycles. The SMILES string of the molecule is Cc1cc(I)ccc1Nc1c(C2=NOS(=O)N2)cc(S(N)(=O)=O)c(F)c1F. The summed E-state index contributed by atoms with van der Waals surface area (Å²) in [7, 11) is -4.57. The highest BCUT2D eigenvalue weighted by Crippen LogP contribution is 2.32. The molecule has 1 aliphatic rings. The zero-order valence-electron chi connectivity index (χ0n) is 13.4. The van der Waals surface area contributed by atoms with E-state index in [-0.39, 0.29) is 11.4 Å². The molecule has 0 amide bonds. The standard InChI is InChI=1S/C14H11F2IN4O4S2/c1-6-4-7(17)2-3-9(6)19-13-8(14-20-25-26(22)21-14)5-10(27(18,23)24)11(15)12(13)16/h2-5,19H,1H3,(H,20,21)(H2,18,23,24). The van der Waals surface area contributed by atoms with Gasteiger partial charge in [0.1, 0.15) is 4.90 Å². The van der Waals surface area contributed by atoms with Crippen molar-refractivity contribution in [3.63, 3.8) is 0 Å². The number of amidine groups is 1. The molecular weight excluding hydrogens is 517 g/mol. The molecule has 3 rings (SSSR count). The fraction of sp³-hybridized carbons (Fsp3) is 0.0714. The van der Waals surface area contributed by atoms with Gasteiger partial charge >= 0.3 is 11.3 Å². The smallest absolute Gasteiger partial charge is 0.338 e. The molecule has 0 fully saturated rings. The Morgan fingerprint density at radius 2 is 2.00 bits per heavy atom. The van der Waals surface area contributed by atoms with E-state index >= 15 is 0 Å². The molecule has 13 heteroatoms. The van der Waals surface area contributed by atoms with Crippen molar-refractivity contribution in [2.75, 3.05) is 5.32 Å². The second-order valence-corrected chi connectivity index (χ2v) is 9.00. The number of halogens is 3. The number of rotatable bonds is 4. The van der Waals surface area contributed by atoms with Crippen LogP contribution in [0.2, 0.25) is 0 Å². The van der Waals surface area contributed by atoms with E-state index in [0.29, 0.717) is 5.69 Å². The van der Waals surface area contributed by atoms with E-state index in [1.54, 1.807) is 25.1 Å². The first-order valence-corrected chi connectivity index (χ1v) is 10.8. The van der Waals surface area contributed by atoms with Crippen molar-refractivity contribution in [2.24, 2.45) is 10.3 Å². The second-order valence-electron chi connectivity index (χ2n) is 5.41. The van der Waals surface area contributed by atoms with Crippen LogP contribution >= 0.6 is 22.6 Å². The van der Waals surface area contributed by atoms with Crippen molar-refractivity contribution in [1.29, 1.82) is 0 Å². The third-order valence-corrected chi connectivity index (χ3v) is 5.71. The zero-order chi connectivity index (χ0) is 19.9. The Balaban J connectivity index is 2.22. The topological polar surface area (TPSA) is 123 Å². The minimum atomic E-state index is -4.57. The van der Waals surface area contributed by atoms with E-state index in [4.69, 9.17) is 5.14 Å². The van der Waals surface area contributed by atoms with Gasteiger partial charge in [0.25, 0.3) is 0 Å². The number of nitrogens with zero attached hydrogens (tertiary/aromatic N) is 1. The first kappa shape index (κ1) is 19.9.